The number of aryl methyl sites for hydroxylation is 2. The van der Waals surface area contributed by atoms with E-state index in [0.717, 1.165) is 39.5 Å². The van der Waals surface area contributed by atoms with Crippen LogP contribution in [0.5, 0.6) is 0 Å². The van der Waals surface area contributed by atoms with E-state index in [2.05, 4.69) is 5.32 Å². The lowest BCUT2D eigenvalue weighted by molar-refractivity contribution is -0.120. The van der Waals surface area contributed by atoms with Crippen molar-refractivity contribution in [2.24, 2.45) is 0 Å². The maximum atomic E-state index is 13.5. The predicted molar refractivity (Wildman–Crippen MR) is 143 cm³/mol. The first-order valence-corrected chi connectivity index (χ1v) is 12.7. The van der Waals surface area contributed by atoms with Crippen molar-refractivity contribution in [2.75, 3.05) is 16.8 Å². The topological polar surface area (TPSA) is 75.7 Å². The largest absolute Gasteiger partial charge is 0.462 e. The van der Waals surface area contributed by atoms with Crippen LogP contribution in [0.15, 0.2) is 88.3 Å². The Bertz CT molecular complexity index is 1320. The van der Waals surface area contributed by atoms with Crippen molar-refractivity contribution in [3.8, 4) is 0 Å². The molecule has 0 aromatic heterocycles. The Labute approximate surface area is 215 Å². The van der Waals surface area contributed by atoms with Crippen molar-refractivity contribution in [1.82, 2.24) is 0 Å². The summed E-state index contributed by atoms with van der Waals surface area (Å²) in [4.78, 5) is 41.6. The van der Waals surface area contributed by atoms with Crippen LogP contribution < -0.4 is 10.2 Å². The van der Waals surface area contributed by atoms with Gasteiger partial charge in [-0.2, -0.15) is 0 Å². The van der Waals surface area contributed by atoms with Crippen LogP contribution in [0, 0.1) is 13.8 Å². The van der Waals surface area contributed by atoms with Gasteiger partial charge in [0.1, 0.15) is 10.6 Å². The third-order valence-electron chi connectivity index (χ3n) is 5.87. The van der Waals surface area contributed by atoms with Gasteiger partial charge in [-0.1, -0.05) is 49.4 Å². The summed E-state index contributed by atoms with van der Waals surface area (Å²) >= 11 is 1.25. The second kappa shape index (κ2) is 11.3. The van der Waals surface area contributed by atoms with Gasteiger partial charge in [-0.3, -0.25) is 9.59 Å². The molecule has 1 aliphatic rings. The highest BCUT2D eigenvalue weighted by Gasteiger charge is 2.40. The molecule has 36 heavy (non-hydrogen) atoms. The lowest BCUT2D eigenvalue weighted by atomic mass is 10.1. The molecule has 0 unspecified atom stereocenters. The number of thioether (sulfide) groups is 1. The molecular formula is C29H28N2O4S. The summed E-state index contributed by atoms with van der Waals surface area (Å²) in [7, 11) is 0. The predicted octanol–water partition coefficient (Wildman–Crippen LogP) is 6.25. The maximum absolute atomic E-state index is 13.5. The molecule has 0 saturated heterocycles. The zero-order valence-corrected chi connectivity index (χ0v) is 21.4. The second-order valence-electron chi connectivity index (χ2n) is 8.53. The van der Waals surface area contributed by atoms with Crippen LogP contribution in [0.25, 0.3) is 0 Å². The summed E-state index contributed by atoms with van der Waals surface area (Å²) in [6.07, 6.45) is 1.73. The first kappa shape index (κ1) is 25.3. The molecule has 184 valence electrons. The van der Waals surface area contributed by atoms with Crippen molar-refractivity contribution >= 4 is 40.9 Å². The summed E-state index contributed by atoms with van der Waals surface area (Å²) in [6.45, 7) is 6.40. The fourth-order valence-electron chi connectivity index (χ4n) is 3.66. The number of nitrogens with zero attached hydrogens (tertiary/aromatic N) is 1. The zero-order chi connectivity index (χ0) is 25.7. The number of esters is 1. The number of unbranched alkanes of at least 4 members (excludes halogenated alkanes) is 1. The highest BCUT2D eigenvalue weighted by molar-refractivity contribution is 8.04. The standard InChI is InChI=1S/C29H28N2O4S/c1-4-5-17-35-29(34)21-12-15-23(16-13-21)31-27(32)25(30-22-14-11-19(2)20(3)18-22)26(28(31)33)36-24-9-7-6-8-10-24/h6-16,18,30H,4-5,17H2,1-3H3. The van der Waals surface area contributed by atoms with Crippen molar-refractivity contribution in [1.29, 1.82) is 0 Å². The summed E-state index contributed by atoms with van der Waals surface area (Å²) in [5.41, 5.74) is 3.92. The Morgan fingerprint density at radius 3 is 2.31 bits per heavy atom. The Hall–Kier alpha value is -3.84. The molecule has 0 spiro atoms. The van der Waals surface area contributed by atoms with Crippen LogP contribution in [0.2, 0.25) is 0 Å². The highest BCUT2D eigenvalue weighted by Crippen LogP contribution is 2.38. The molecule has 0 radical (unpaired) electrons. The molecule has 3 aromatic carbocycles. The molecule has 1 aliphatic heterocycles. The quantitative estimate of drug-likeness (QED) is 0.213. The van der Waals surface area contributed by atoms with Crippen molar-refractivity contribution < 1.29 is 19.1 Å². The second-order valence-corrected chi connectivity index (χ2v) is 9.61. The number of amides is 2. The zero-order valence-electron chi connectivity index (χ0n) is 20.5. The summed E-state index contributed by atoms with van der Waals surface area (Å²) in [6, 6.07) is 21.6. The number of ether oxygens (including phenoxy) is 1. The molecule has 3 aromatic rings. The third-order valence-corrected chi connectivity index (χ3v) is 6.96. The maximum Gasteiger partial charge on any atom is 0.338 e. The number of rotatable bonds is 9. The highest BCUT2D eigenvalue weighted by atomic mass is 32.2. The van der Waals surface area contributed by atoms with Crippen molar-refractivity contribution in [2.45, 2.75) is 38.5 Å². The SMILES string of the molecule is CCCCOC(=O)c1ccc(N2C(=O)C(Nc3ccc(C)c(C)c3)=C(Sc3ccccc3)C2=O)cc1. The molecule has 0 fully saturated rings. The van der Waals surface area contributed by atoms with E-state index in [-0.39, 0.29) is 5.70 Å². The van der Waals surface area contributed by atoms with E-state index in [9.17, 15) is 14.4 Å². The molecule has 7 heteroatoms. The van der Waals surface area contributed by atoms with E-state index in [1.54, 1.807) is 24.3 Å². The van der Waals surface area contributed by atoms with E-state index in [0.29, 0.717) is 22.8 Å². The molecule has 2 amide bonds. The minimum atomic E-state index is -0.449. The molecule has 0 bridgehead atoms. The number of hydrogen-bond acceptors (Lipinski definition) is 6. The number of anilines is 2. The molecular weight excluding hydrogens is 472 g/mol. The fourth-order valence-corrected chi connectivity index (χ4v) is 4.61. The lowest BCUT2D eigenvalue weighted by Crippen LogP contribution is -2.32. The van der Waals surface area contributed by atoms with Gasteiger partial charge in [-0.05, 0) is 79.9 Å². The average Bonchev–Trinajstić information content (AvgIpc) is 3.11. The van der Waals surface area contributed by atoms with Crippen LogP contribution in [0.3, 0.4) is 0 Å². The van der Waals surface area contributed by atoms with E-state index in [1.165, 1.54) is 11.8 Å². The van der Waals surface area contributed by atoms with Crippen molar-refractivity contribution in [3.63, 3.8) is 0 Å². The monoisotopic (exact) mass is 500 g/mol. The van der Waals surface area contributed by atoms with Gasteiger partial charge >= 0.3 is 5.97 Å². The number of imide groups is 1. The van der Waals surface area contributed by atoms with Gasteiger partial charge in [0, 0.05) is 10.6 Å². The summed E-state index contributed by atoms with van der Waals surface area (Å²) in [5, 5.41) is 3.19. The van der Waals surface area contributed by atoms with E-state index in [1.807, 2.05) is 69.3 Å². The molecule has 1 heterocycles. The Morgan fingerprint density at radius 2 is 1.64 bits per heavy atom. The van der Waals surface area contributed by atoms with Crippen LogP contribution in [-0.4, -0.2) is 24.4 Å². The van der Waals surface area contributed by atoms with Gasteiger partial charge in [-0.25, -0.2) is 9.69 Å². The van der Waals surface area contributed by atoms with Gasteiger partial charge in [0.05, 0.1) is 17.9 Å². The average molecular weight is 501 g/mol. The Morgan fingerprint density at radius 1 is 0.917 bits per heavy atom. The first-order valence-electron chi connectivity index (χ1n) is 11.9. The molecule has 4 rings (SSSR count). The summed E-state index contributed by atoms with van der Waals surface area (Å²) < 4.78 is 5.25. The number of carbonyl (C=O) groups excluding carboxylic acids is 3. The minimum absolute atomic E-state index is 0.222. The van der Waals surface area contributed by atoms with E-state index >= 15 is 0 Å². The normalized spacial score (nSPS) is 13.4. The lowest BCUT2D eigenvalue weighted by Gasteiger charge is -2.16. The molecule has 6 nitrogen and oxygen atoms in total. The third kappa shape index (κ3) is 5.52. The number of hydrogen-bond donors (Lipinski definition) is 1. The number of carbonyl (C=O) groups is 3. The van der Waals surface area contributed by atoms with Gasteiger partial charge in [-0.15, -0.1) is 0 Å². The first-order chi connectivity index (χ1) is 17.4. The smallest absolute Gasteiger partial charge is 0.338 e. The van der Waals surface area contributed by atoms with Crippen LogP contribution >= 0.6 is 11.8 Å². The van der Waals surface area contributed by atoms with E-state index < -0.39 is 17.8 Å². The van der Waals surface area contributed by atoms with Crippen molar-refractivity contribution in [3.05, 3.63) is 100 Å². The molecule has 0 atom stereocenters. The Balaban J connectivity index is 1.63. The molecule has 0 saturated carbocycles. The minimum Gasteiger partial charge on any atom is -0.462 e. The summed E-state index contributed by atoms with van der Waals surface area (Å²) in [5.74, 6) is -1.29. The molecule has 0 aliphatic carbocycles. The van der Waals surface area contributed by atoms with Crippen LogP contribution in [0.1, 0.15) is 41.3 Å². The van der Waals surface area contributed by atoms with E-state index in [4.69, 9.17) is 4.74 Å². The Kier molecular flexibility index (Phi) is 7.90. The van der Waals surface area contributed by atoms with Gasteiger partial charge in [0.15, 0.2) is 0 Å². The van der Waals surface area contributed by atoms with Crippen LogP contribution in [-0.2, 0) is 14.3 Å². The van der Waals surface area contributed by atoms with Crippen LogP contribution in [0.4, 0.5) is 11.4 Å². The van der Waals surface area contributed by atoms with Gasteiger partial charge in [0.2, 0.25) is 0 Å². The fraction of sp³-hybridized carbons (Fsp3) is 0.207. The number of benzene rings is 3. The molecule has 1 N–H and O–H groups in total. The van der Waals surface area contributed by atoms with Gasteiger partial charge < -0.3 is 10.1 Å². The van der Waals surface area contributed by atoms with Gasteiger partial charge in [0.25, 0.3) is 11.8 Å². The number of nitrogens with one attached hydrogen (secondary N) is 1.